The standard InChI is InChI=1S/C11H12NO3/c1-2-11(14)12-10-5-3-4-9(6-10)7-15-8-13/h3-6H,2,7H2,1H3,(H,12,14). The number of anilines is 1. The molecule has 1 radical (unpaired) electrons. The Balaban J connectivity index is 2.65. The van der Waals surface area contributed by atoms with Crippen molar-refractivity contribution in [1.29, 1.82) is 0 Å². The molecular weight excluding hydrogens is 194 g/mol. The Morgan fingerprint density at radius 1 is 1.53 bits per heavy atom. The molecule has 0 unspecified atom stereocenters. The molecule has 0 atom stereocenters. The van der Waals surface area contributed by atoms with Crippen molar-refractivity contribution in [2.75, 3.05) is 5.32 Å². The van der Waals surface area contributed by atoms with Crippen LogP contribution in [0.2, 0.25) is 0 Å². The van der Waals surface area contributed by atoms with Gasteiger partial charge in [0, 0.05) is 12.1 Å². The van der Waals surface area contributed by atoms with Gasteiger partial charge in [-0.25, -0.2) is 4.79 Å². The number of carbonyl (C=O) groups is 1. The number of hydrogen-bond acceptors (Lipinski definition) is 3. The number of carbonyl (C=O) groups excluding carboxylic acids is 2. The highest BCUT2D eigenvalue weighted by Gasteiger charge is 2.00. The van der Waals surface area contributed by atoms with Gasteiger partial charge < -0.3 is 10.1 Å². The highest BCUT2D eigenvalue weighted by Crippen LogP contribution is 2.11. The number of rotatable bonds is 5. The number of ether oxygens (including phenoxy) is 1. The highest BCUT2D eigenvalue weighted by molar-refractivity contribution is 5.90. The molecule has 4 heteroatoms. The summed E-state index contributed by atoms with van der Waals surface area (Å²) in [6.45, 7) is 3.30. The van der Waals surface area contributed by atoms with Crippen LogP contribution < -0.4 is 5.32 Å². The van der Waals surface area contributed by atoms with E-state index in [2.05, 4.69) is 10.1 Å². The number of nitrogens with one attached hydrogen (secondary N) is 1. The first-order valence-electron chi connectivity index (χ1n) is 4.64. The summed E-state index contributed by atoms with van der Waals surface area (Å²) in [5, 5.41) is 2.72. The van der Waals surface area contributed by atoms with Gasteiger partial charge in [0.2, 0.25) is 5.91 Å². The SMILES string of the molecule is CCC(=O)Nc1cccc(CO[C]=O)c1. The van der Waals surface area contributed by atoms with Crippen molar-refractivity contribution in [3.05, 3.63) is 29.8 Å². The minimum atomic E-state index is -0.0463. The molecule has 1 aromatic rings. The van der Waals surface area contributed by atoms with Gasteiger partial charge in [0.05, 0.1) is 0 Å². The van der Waals surface area contributed by atoms with Crippen LogP contribution in [0.1, 0.15) is 18.9 Å². The van der Waals surface area contributed by atoms with Gasteiger partial charge in [-0.15, -0.1) is 0 Å². The second-order valence-electron chi connectivity index (χ2n) is 2.97. The molecule has 15 heavy (non-hydrogen) atoms. The lowest BCUT2D eigenvalue weighted by atomic mass is 10.2. The maximum Gasteiger partial charge on any atom is 0.417 e. The normalized spacial score (nSPS) is 9.40. The van der Waals surface area contributed by atoms with Crippen LogP contribution in [0.3, 0.4) is 0 Å². The van der Waals surface area contributed by atoms with Gasteiger partial charge in [-0.1, -0.05) is 19.1 Å². The third-order valence-electron chi connectivity index (χ3n) is 1.83. The summed E-state index contributed by atoms with van der Waals surface area (Å²) < 4.78 is 4.49. The quantitative estimate of drug-likeness (QED) is 0.796. The lowest BCUT2D eigenvalue weighted by molar-refractivity contribution is -0.115. The number of benzene rings is 1. The summed E-state index contributed by atoms with van der Waals surface area (Å²) in [6.07, 6.45) is 0.433. The van der Waals surface area contributed by atoms with E-state index in [4.69, 9.17) is 0 Å². The van der Waals surface area contributed by atoms with Crippen LogP contribution in [-0.2, 0) is 20.9 Å². The summed E-state index contributed by atoms with van der Waals surface area (Å²) >= 11 is 0. The first kappa shape index (κ1) is 11.2. The zero-order valence-electron chi connectivity index (χ0n) is 8.45. The molecule has 1 rings (SSSR count). The van der Waals surface area contributed by atoms with Crippen molar-refractivity contribution >= 4 is 18.1 Å². The maximum absolute atomic E-state index is 11.1. The molecule has 0 saturated carbocycles. The maximum atomic E-state index is 11.1. The van der Waals surface area contributed by atoms with E-state index in [1.807, 2.05) is 0 Å². The molecule has 0 heterocycles. The number of amides is 1. The molecule has 1 N–H and O–H groups in total. The van der Waals surface area contributed by atoms with E-state index >= 15 is 0 Å². The van der Waals surface area contributed by atoms with Crippen molar-refractivity contribution in [1.82, 2.24) is 0 Å². The Morgan fingerprint density at radius 2 is 2.33 bits per heavy atom. The molecule has 0 aliphatic carbocycles. The van der Waals surface area contributed by atoms with Gasteiger partial charge in [0.15, 0.2) is 0 Å². The van der Waals surface area contributed by atoms with Crippen LogP contribution in [0, 0.1) is 0 Å². The van der Waals surface area contributed by atoms with Gasteiger partial charge in [-0.2, -0.15) is 0 Å². The average molecular weight is 206 g/mol. The molecule has 0 bridgehead atoms. The molecule has 1 amide bonds. The molecule has 1 aromatic carbocycles. The fourth-order valence-electron chi connectivity index (χ4n) is 1.10. The third-order valence-corrected chi connectivity index (χ3v) is 1.83. The van der Waals surface area contributed by atoms with Crippen molar-refractivity contribution in [3.8, 4) is 0 Å². The summed E-state index contributed by atoms with van der Waals surface area (Å²) in [7, 11) is 0. The monoisotopic (exact) mass is 206 g/mol. The Kier molecular flexibility index (Phi) is 4.34. The molecular formula is C11H12NO3. The van der Waals surface area contributed by atoms with Crippen molar-refractivity contribution < 1.29 is 14.3 Å². The van der Waals surface area contributed by atoms with Crippen LogP contribution in [0.25, 0.3) is 0 Å². The molecule has 0 saturated heterocycles. The lowest BCUT2D eigenvalue weighted by Crippen LogP contribution is -2.09. The summed E-state index contributed by atoms with van der Waals surface area (Å²) in [5.41, 5.74) is 1.51. The van der Waals surface area contributed by atoms with Crippen molar-refractivity contribution in [2.45, 2.75) is 20.0 Å². The van der Waals surface area contributed by atoms with Crippen LogP contribution in [0.4, 0.5) is 5.69 Å². The largest absolute Gasteiger partial charge is 0.452 e. The Bertz CT molecular complexity index is 349. The van der Waals surface area contributed by atoms with Crippen LogP contribution in [0.5, 0.6) is 0 Å². The molecule has 0 spiro atoms. The average Bonchev–Trinajstić information content (AvgIpc) is 2.26. The van der Waals surface area contributed by atoms with E-state index in [1.165, 1.54) is 6.47 Å². The smallest absolute Gasteiger partial charge is 0.417 e. The zero-order chi connectivity index (χ0) is 11.1. The van der Waals surface area contributed by atoms with Crippen LogP contribution in [-0.4, -0.2) is 12.4 Å². The van der Waals surface area contributed by atoms with Gasteiger partial charge in [0.25, 0.3) is 0 Å². The molecule has 79 valence electrons. The summed E-state index contributed by atoms with van der Waals surface area (Å²) in [5.74, 6) is -0.0463. The van der Waals surface area contributed by atoms with E-state index in [1.54, 1.807) is 31.2 Å². The third kappa shape index (κ3) is 3.81. The van der Waals surface area contributed by atoms with Crippen LogP contribution in [0.15, 0.2) is 24.3 Å². The lowest BCUT2D eigenvalue weighted by Gasteiger charge is -2.05. The molecule has 0 aromatic heterocycles. The van der Waals surface area contributed by atoms with E-state index in [0.29, 0.717) is 12.1 Å². The predicted octanol–water partition coefficient (Wildman–Crippen LogP) is 1.62. The van der Waals surface area contributed by atoms with Gasteiger partial charge in [-0.3, -0.25) is 4.79 Å². The molecule has 4 nitrogen and oxygen atoms in total. The summed E-state index contributed by atoms with van der Waals surface area (Å²) in [6, 6.07) is 7.13. The van der Waals surface area contributed by atoms with Gasteiger partial charge in [0.1, 0.15) is 6.61 Å². The Morgan fingerprint density at radius 3 is 3.00 bits per heavy atom. The van der Waals surface area contributed by atoms with Gasteiger partial charge in [-0.05, 0) is 17.7 Å². The fraction of sp³-hybridized carbons (Fsp3) is 0.273. The minimum Gasteiger partial charge on any atom is -0.452 e. The van der Waals surface area contributed by atoms with E-state index < -0.39 is 0 Å². The van der Waals surface area contributed by atoms with Crippen molar-refractivity contribution in [2.24, 2.45) is 0 Å². The minimum absolute atomic E-state index is 0.0463. The van der Waals surface area contributed by atoms with Crippen molar-refractivity contribution in [3.63, 3.8) is 0 Å². The number of hydrogen-bond donors (Lipinski definition) is 1. The highest BCUT2D eigenvalue weighted by atomic mass is 16.5. The summed E-state index contributed by atoms with van der Waals surface area (Å²) in [4.78, 5) is 21.0. The first-order chi connectivity index (χ1) is 7.26. The molecule has 0 fully saturated rings. The fourth-order valence-corrected chi connectivity index (χ4v) is 1.10. The Hall–Kier alpha value is -1.84. The zero-order valence-corrected chi connectivity index (χ0v) is 8.45. The molecule has 0 aliphatic rings. The molecule has 0 aliphatic heterocycles. The van der Waals surface area contributed by atoms with E-state index in [9.17, 15) is 9.59 Å². The second-order valence-corrected chi connectivity index (χ2v) is 2.97. The first-order valence-corrected chi connectivity index (χ1v) is 4.64. The van der Waals surface area contributed by atoms with E-state index in [0.717, 1.165) is 5.56 Å². The van der Waals surface area contributed by atoms with E-state index in [-0.39, 0.29) is 12.5 Å². The van der Waals surface area contributed by atoms with Crippen LogP contribution >= 0.6 is 0 Å². The Labute approximate surface area is 88.2 Å². The topological polar surface area (TPSA) is 55.4 Å². The van der Waals surface area contributed by atoms with Gasteiger partial charge >= 0.3 is 6.47 Å². The predicted molar refractivity (Wildman–Crippen MR) is 55.8 cm³/mol. The second kappa shape index (κ2) is 5.80.